The molecule has 2 aromatic carbocycles. The van der Waals surface area contributed by atoms with Gasteiger partial charge in [-0.15, -0.1) is 0 Å². The Morgan fingerprint density at radius 1 is 1.05 bits per heavy atom. The second-order valence-electron chi connectivity index (χ2n) is 4.03. The van der Waals surface area contributed by atoms with Crippen LogP contribution in [0.2, 0.25) is 5.02 Å². The second-order valence-corrected chi connectivity index (χ2v) is 4.47. The third kappa shape index (κ3) is 2.48. The van der Waals surface area contributed by atoms with Crippen LogP contribution in [0.1, 0.15) is 10.4 Å². The quantitative estimate of drug-likeness (QED) is 0.914. The van der Waals surface area contributed by atoms with Crippen molar-refractivity contribution >= 4 is 23.2 Å². The molecule has 4 nitrogen and oxygen atoms in total. The maximum atomic E-state index is 12.0. The van der Waals surface area contributed by atoms with Crippen molar-refractivity contribution in [1.29, 1.82) is 0 Å². The van der Waals surface area contributed by atoms with Crippen molar-refractivity contribution in [3.05, 3.63) is 53.1 Å². The summed E-state index contributed by atoms with van der Waals surface area (Å²) in [5.41, 5.74) is 1.20. The number of anilines is 1. The normalized spacial score (nSPS) is 12.3. The molecular weight excluding hydrogens is 266 g/mol. The standard InChI is InChI=1S/C14H10ClNO3/c15-10-3-1-9(2-4-10)14(17)16-11-5-6-12-13(7-11)19-8-18-12/h1-7H,8H2,(H,16,17). The molecular formula is C14H10ClNO3. The van der Waals surface area contributed by atoms with Gasteiger partial charge >= 0.3 is 0 Å². The largest absolute Gasteiger partial charge is 0.454 e. The second kappa shape index (κ2) is 4.82. The van der Waals surface area contributed by atoms with Crippen LogP contribution in [0.5, 0.6) is 11.5 Å². The zero-order valence-electron chi connectivity index (χ0n) is 9.85. The molecule has 0 radical (unpaired) electrons. The fraction of sp³-hybridized carbons (Fsp3) is 0.0714. The van der Waals surface area contributed by atoms with E-state index in [-0.39, 0.29) is 12.7 Å². The van der Waals surface area contributed by atoms with Crippen molar-refractivity contribution in [2.75, 3.05) is 12.1 Å². The minimum Gasteiger partial charge on any atom is -0.454 e. The Bertz CT molecular complexity index is 625. The van der Waals surface area contributed by atoms with Crippen LogP contribution in [0.3, 0.4) is 0 Å². The first kappa shape index (κ1) is 11.9. The van der Waals surface area contributed by atoms with Gasteiger partial charge in [0.05, 0.1) is 0 Å². The molecule has 1 aliphatic rings. The predicted molar refractivity (Wildman–Crippen MR) is 72.0 cm³/mol. The number of hydrogen-bond acceptors (Lipinski definition) is 3. The maximum Gasteiger partial charge on any atom is 0.255 e. The molecule has 5 heteroatoms. The number of benzene rings is 2. The van der Waals surface area contributed by atoms with Gasteiger partial charge in [0, 0.05) is 22.3 Å². The molecule has 0 saturated carbocycles. The molecule has 96 valence electrons. The highest BCUT2D eigenvalue weighted by Crippen LogP contribution is 2.34. The first-order chi connectivity index (χ1) is 9.22. The SMILES string of the molecule is O=C(Nc1ccc2c(c1)OCO2)c1ccc(Cl)cc1. The predicted octanol–water partition coefficient (Wildman–Crippen LogP) is 3.32. The third-order valence-electron chi connectivity index (χ3n) is 2.74. The van der Waals surface area contributed by atoms with E-state index in [1.54, 1.807) is 42.5 Å². The molecule has 0 spiro atoms. The first-order valence-electron chi connectivity index (χ1n) is 5.69. The molecule has 0 fully saturated rings. The van der Waals surface area contributed by atoms with Gasteiger partial charge in [-0.05, 0) is 36.4 Å². The minimum absolute atomic E-state index is 0.199. The lowest BCUT2D eigenvalue weighted by Crippen LogP contribution is -2.11. The molecule has 1 N–H and O–H groups in total. The number of ether oxygens (including phenoxy) is 2. The smallest absolute Gasteiger partial charge is 0.255 e. The van der Waals surface area contributed by atoms with E-state index < -0.39 is 0 Å². The van der Waals surface area contributed by atoms with Crippen LogP contribution >= 0.6 is 11.6 Å². The number of nitrogens with one attached hydrogen (secondary N) is 1. The van der Waals surface area contributed by atoms with Gasteiger partial charge in [-0.1, -0.05) is 11.6 Å². The maximum absolute atomic E-state index is 12.0. The Balaban J connectivity index is 1.77. The van der Waals surface area contributed by atoms with Crippen LogP contribution in [-0.4, -0.2) is 12.7 Å². The number of carbonyl (C=O) groups is 1. The van der Waals surface area contributed by atoms with Crippen molar-refractivity contribution in [3.63, 3.8) is 0 Å². The summed E-state index contributed by atoms with van der Waals surface area (Å²) in [5, 5.41) is 3.39. The molecule has 0 atom stereocenters. The number of fused-ring (bicyclic) bond motifs is 1. The average Bonchev–Trinajstić information content (AvgIpc) is 2.87. The Morgan fingerprint density at radius 2 is 1.79 bits per heavy atom. The summed E-state index contributed by atoms with van der Waals surface area (Å²) >= 11 is 5.78. The Hall–Kier alpha value is -2.20. The lowest BCUT2D eigenvalue weighted by Gasteiger charge is -2.06. The molecule has 19 heavy (non-hydrogen) atoms. The zero-order valence-corrected chi connectivity index (χ0v) is 10.6. The van der Waals surface area contributed by atoms with Gasteiger partial charge in [-0.3, -0.25) is 4.79 Å². The third-order valence-corrected chi connectivity index (χ3v) is 2.99. The summed E-state index contributed by atoms with van der Waals surface area (Å²) in [5.74, 6) is 1.12. The first-order valence-corrected chi connectivity index (χ1v) is 6.07. The lowest BCUT2D eigenvalue weighted by atomic mass is 10.2. The van der Waals surface area contributed by atoms with Gasteiger partial charge in [0.2, 0.25) is 6.79 Å². The number of hydrogen-bond donors (Lipinski definition) is 1. The molecule has 1 heterocycles. The lowest BCUT2D eigenvalue weighted by molar-refractivity contribution is 0.102. The Labute approximate surface area is 114 Å². The molecule has 0 aliphatic carbocycles. The fourth-order valence-corrected chi connectivity index (χ4v) is 1.90. The monoisotopic (exact) mass is 275 g/mol. The summed E-state index contributed by atoms with van der Waals surface area (Å²) in [6.45, 7) is 0.212. The van der Waals surface area contributed by atoms with E-state index in [4.69, 9.17) is 21.1 Å². The molecule has 0 bridgehead atoms. The minimum atomic E-state index is -0.199. The van der Waals surface area contributed by atoms with Crippen molar-refractivity contribution in [1.82, 2.24) is 0 Å². The number of rotatable bonds is 2. The highest BCUT2D eigenvalue weighted by molar-refractivity contribution is 6.30. The fourth-order valence-electron chi connectivity index (χ4n) is 1.78. The van der Waals surface area contributed by atoms with Gasteiger partial charge in [-0.2, -0.15) is 0 Å². The highest BCUT2D eigenvalue weighted by Gasteiger charge is 2.14. The van der Waals surface area contributed by atoms with Gasteiger partial charge in [0.15, 0.2) is 11.5 Å². The topological polar surface area (TPSA) is 47.6 Å². The zero-order chi connectivity index (χ0) is 13.2. The van der Waals surface area contributed by atoms with Crippen molar-refractivity contribution in [2.24, 2.45) is 0 Å². The van der Waals surface area contributed by atoms with E-state index in [2.05, 4.69) is 5.32 Å². The number of carbonyl (C=O) groups excluding carboxylic acids is 1. The van der Waals surface area contributed by atoms with E-state index in [1.807, 2.05) is 0 Å². The van der Waals surface area contributed by atoms with Crippen LogP contribution < -0.4 is 14.8 Å². The molecule has 3 rings (SSSR count). The van der Waals surface area contributed by atoms with Gasteiger partial charge in [0.25, 0.3) is 5.91 Å². The molecule has 0 aromatic heterocycles. The van der Waals surface area contributed by atoms with Crippen molar-refractivity contribution < 1.29 is 14.3 Å². The van der Waals surface area contributed by atoms with Crippen LogP contribution in [0.4, 0.5) is 5.69 Å². The van der Waals surface area contributed by atoms with Crippen LogP contribution in [0.15, 0.2) is 42.5 Å². The number of amides is 1. The van der Waals surface area contributed by atoms with Crippen LogP contribution in [-0.2, 0) is 0 Å². The van der Waals surface area contributed by atoms with E-state index in [0.717, 1.165) is 0 Å². The summed E-state index contributed by atoms with van der Waals surface area (Å²) in [4.78, 5) is 12.0. The molecule has 1 aliphatic heterocycles. The summed E-state index contributed by atoms with van der Waals surface area (Å²) in [6, 6.07) is 12.0. The Kier molecular flexibility index (Phi) is 3.01. The van der Waals surface area contributed by atoms with E-state index in [1.165, 1.54) is 0 Å². The number of halogens is 1. The molecule has 2 aromatic rings. The van der Waals surface area contributed by atoms with E-state index in [0.29, 0.717) is 27.8 Å². The van der Waals surface area contributed by atoms with Crippen LogP contribution in [0, 0.1) is 0 Å². The van der Waals surface area contributed by atoms with Crippen molar-refractivity contribution in [3.8, 4) is 11.5 Å². The summed E-state index contributed by atoms with van der Waals surface area (Å²) in [7, 11) is 0. The molecule has 1 amide bonds. The van der Waals surface area contributed by atoms with Crippen LogP contribution in [0.25, 0.3) is 0 Å². The van der Waals surface area contributed by atoms with E-state index in [9.17, 15) is 4.79 Å². The van der Waals surface area contributed by atoms with Crippen molar-refractivity contribution in [2.45, 2.75) is 0 Å². The van der Waals surface area contributed by atoms with Gasteiger partial charge < -0.3 is 14.8 Å². The molecule has 0 saturated heterocycles. The summed E-state index contributed by atoms with van der Waals surface area (Å²) in [6.07, 6.45) is 0. The van der Waals surface area contributed by atoms with Gasteiger partial charge in [-0.25, -0.2) is 0 Å². The van der Waals surface area contributed by atoms with Gasteiger partial charge in [0.1, 0.15) is 0 Å². The average molecular weight is 276 g/mol. The highest BCUT2D eigenvalue weighted by atomic mass is 35.5. The molecule has 0 unspecified atom stereocenters. The van der Waals surface area contributed by atoms with E-state index >= 15 is 0 Å². The Morgan fingerprint density at radius 3 is 2.58 bits per heavy atom. The summed E-state index contributed by atoms with van der Waals surface area (Å²) < 4.78 is 10.5.